The van der Waals surface area contributed by atoms with Gasteiger partial charge in [-0.25, -0.2) is 0 Å². The molecule has 19 heavy (non-hydrogen) atoms. The lowest BCUT2D eigenvalue weighted by atomic mass is 10.1. The van der Waals surface area contributed by atoms with E-state index in [1.807, 2.05) is 42.5 Å². The molecule has 0 radical (unpaired) electrons. The molecule has 1 N–H and O–H groups in total. The van der Waals surface area contributed by atoms with Gasteiger partial charge in [-0.2, -0.15) is 0 Å². The maximum Gasteiger partial charge on any atom is 0.178 e. The molecule has 0 saturated heterocycles. The van der Waals surface area contributed by atoms with E-state index in [0.29, 0.717) is 5.11 Å². The van der Waals surface area contributed by atoms with Gasteiger partial charge in [0.25, 0.3) is 0 Å². The van der Waals surface area contributed by atoms with Crippen molar-refractivity contribution in [2.45, 2.75) is 6.54 Å². The van der Waals surface area contributed by atoms with E-state index in [-0.39, 0.29) is 0 Å². The second-order valence-electron chi connectivity index (χ2n) is 4.37. The Kier molecular flexibility index (Phi) is 3.09. The molecule has 3 rings (SSSR count). The van der Waals surface area contributed by atoms with E-state index < -0.39 is 0 Å². The first kappa shape index (κ1) is 12.0. The third kappa shape index (κ3) is 2.27. The second-order valence-corrected chi connectivity index (χ2v) is 4.76. The highest BCUT2D eigenvalue weighted by Crippen LogP contribution is 2.29. The van der Waals surface area contributed by atoms with Gasteiger partial charge in [0.05, 0.1) is 13.7 Å². The van der Waals surface area contributed by atoms with Crippen LogP contribution in [0.2, 0.25) is 0 Å². The van der Waals surface area contributed by atoms with E-state index in [9.17, 15) is 0 Å². The summed E-state index contributed by atoms with van der Waals surface area (Å²) in [6.07, 6.45) is 0. The quantitative estimate of drug-likeness (QED) is 0.845. The maximum absolute atomic E-state index is 5.44. The van der Waals surface area contributed by atoms with Gasteiger partial charge in [-0.05, 0) is 36.0 Å². The zero-order valence-electron chi connectivity index (χ0n) is 10.6. The lowest BCUT2D eigenvalue weighted by Gasteiger charge is -2.32. The number of nitrogens with one attached hydrogen (secondary N) is 1. The predicted molar refractivity (Wildman–Crippen MR) is 81.8 cm³/mol. The Morgan fingerprint density at radius 3 is 2.84 bits per heavy atom. The highest BCUT2D eigenvalue weighted by atomic mass is 32.1. The summed E-state index contributed by atoms with van der Waals surface area (Å²) in [5.41, 5.74) is 3.36. The number of nitrogens with zero attached hydrogens (tertiary/aromatic N) is 1. The molecule has 2 aromatic carbocycles. The zero-order valence-corrected chi connectivity index (χ0v) is 11.4. The molecule has 96 valence electrons. The van der Waals surface area contributed by atoms with Gasteiger partial charge in [-0.3, -0.25) is 0 Å². The van der Waals surface area contributed by atoms with Crippen LogP contribution in [0.15, 0.2) is 48.5 Å². The first-order valence-corrected chi connectivity index (χ1v) is 6.49. The van der Waals surface area contributed by atoms with Gasteiger partial charge in [-0.15, -0.1) is 0 Å². The van der Waals surface area contributed by atoms with Crippen molar-refractivity contribution in [2.75, 3.05) is 17.3 Å². The fourth-order valence-corrected chi connectivity index (χ4v) is 2.47. The Labute approximate surface area is 117 Å². The molecule has 0 aliphatic carbocycles. The fraction of sp³-hybridized carbons (Fsp3) is 0.133. The molecular formula is C15H14N2OS. The van der Waals surface area contributed by atoms with Crippen LogP contribution in [-0.2, 0) is 6.54 Å². The van der Waals surface area contributed by atoms with Crippen molar-refractivity contribution in [1.29, 1.82) is 0 Å². The van der Waals surface area contributed by atoms with Crippen molar-refractivity contribution in [1.82, 2.24) is 0 Å². The summed E-state index contributed by atoms with van der Waals surface area (Å²) in [5.74, 6) is 0.833. The van der Waals surface area contributed by atoms with Gasteiger partial charge in [-0.1, -0.05) is 24.3 Å². The number of rotatable bonds is 2. The van der Waals surface area contributed by atoms with Gasteiger partial charge in [0, 0.05) is 17.4 Å². The number of ether oxygens (including phenoxy) is 1. The topological polar surface area (TPSA) is 24.5 Å². The van der Waals surface area contributed by atoms with Crippen molar-refractivity contribution in [3.8, 4) is 5.75 Å². The molecule has 0 atom stereocenters. The summed E-state index contributed by atoms with van der Waals surface area (Å²) in [5, 5.41) is 3.98. The molecule has 1 aliphatic heterocycles. The van der Waals surface area contributed by atoms with E-state index in [1.54, 1.807) is 7.11 Å². The van der Waals surface area contributed by atoms with Crippen LogP contribution in [0.4, 0.5) is 11.4 Å². The molecule has 3 nitrogen and oxygen atoms in total. The average Bonchev–Trinajstić information content (AvgIpc) is 2.46. The van der Waals surface area contributed by atoms with Crippen LogP contribution >= 0.6 is 12.2 Å². The largest absolute Gasteiger partial charge is 0.497 e. The number of para-hydroxylation sites is 1. The monoisotopic (exact) mass is 270 g/mol. The molecule has 0 bridgehead atoms. The van der Waals surface area contributed by atoms with E-state index >= 15 is 0 Å². The summed E-state index contributed by atoms with van der Waals surface area (Å²) >= 11 is 5.44. The number of hydrogen-bond acceptors (Lipinski definition) is 2. The predicted octanol–water partition coefficient (Wildman–Crippen LogP) is 3.41. The van der Waals surface area contributed by atoms with Crippen LogP contribution in [0, 0.1) is 0 Å². The van der Waals surface area contributed by atoms with Crippen molar-refractivity contribution < 1.29 is 4.74 Å². The Morgan fingerprint density at radius 1 is 1.16 bits per heavy atom. The first-order valence-electron chi connectivity index (χ1n) is 6.08. The molecule has 0 saturated carbocycles. The second kappa shape index (κ2) is 4.90. The molecule has 0 amide bonds. The van der Waals surface area contributed by atoms with Gasteiger partial charge in [0.15, 0.2) is 5.11 Å². The summed E-state index contributed by atoms with van der Waals surface area (Å²) in [6, 6.07) is 16.1. The van der Waals surface area contributed by atoms with Crippen LogP contribution < -0.4 is 15.0 Å². The van der Waals surface area contributed by atoms with E-state index in [0.717, 1.165) is 23.7 Å². The normalized spacial score (nSPS) is 13.7. The Hall–Kier alpha value is -2.07. The molecule has 0 unspecified atom stereocenters. The molecule has 1 aliphatic rings. The Morgan fingerprint density at radius 2 is 2.00 bits per heavy atom. The fourth-order valence-electron chi connectivity index (χ4n) is 2.19. The van der Waals surface area contributed by atoms with E-state index in [1.165, 1.54) is 5.56 Å². The minimum absolute atomic E-state index is 0.715. The highest BCUT2D eigenvalue weighted by molar-refractivity contribution is 7.80. The molecule has 0 spiro atoms. The average molecular weight is 270 g/mol. The van der Waals surface area contributed by atoms with Crippen LogP contribution in [0.5, 0.6) is 5.75 Å². The Bertz CT molecular complexity index is 627. The van der Waals surface area contributed by atoms with Gasteiger partial charge in [0.2, 0.25) is 0 Å². The molecular weight excluding hydrogens is 256 g/mol. The molecule has 0 aromatic heterocycles. The molecule has 1 heterocycles. The third-order valence-electron chi connectivity index (χ3n) is 3.20. The number of thiocarbonyl (C=S) groups is 1. The van der Waals surface area contributed by atoms with Crippen LogP contribution in [-0.4, -0.2) is 12.2 Å². The van der Waals surface area contributed by atoms with Crippen LogP contribution in [0.3, 0.4) is 0 Å². The summed E-state index contributed by atoms with van der Waals surface area (Å²) < 4.78 is 5.26. The molecule has 0 fully saturated rings. The van der Waals surface area contributed by atoms with Gasteiger partial charge < -0.3 is 15.0 Å². The number of fused-ring (bicyclic) bond motifs is 1. The van der Waals surface area contributed by atoms with E-state index in [4.69, 9.17) is 17.0 Å². The van der Waals surface area contributed by atoms with Crippen LogP contribution in [0.25, 0.3) is 0 Å². The SMILES string of the molecule is COc1cccc(N2Cc3ccccc3NC2=S)c1. The number of anilines is 2. The van der Waals surface area contributed by atoms with E-state index in [2.05, 4.69) is 16.3 Å². The van der Waals surface area contributed by atoms with Gasteiger partial charge in [0.1, 0.15) is 5.75 Å². The van der Waals surface area contributed by atoms with Crippen molar-refractivity contribution in [3.05, 3.63) is 54.1 Å². The highest BCUT2D eigenvalue weighted by Gasteiger charge is 2.20. The third-order valence-corrected chi connectivity index (χ3v) is 3.52. The maximum atomic E-state index is 5.44. The zero-order chi connectivity index (χ0) is 13.2. The number of hydrogen-bond donors (Lipinski definition) is 1. The minimum Gasteiger partial charge on any atom is -0.497 e. The van der Waals surface area contributed by atoms with Gasteiger partial charge >= 0.3 is 0 Å². The first-order chi connectivity index (χ1) is 9.28. The smallest absolute Gasteiger partial charge is 0.178 e. The number of benzene rings is 2. The summed E-state index contributed by atoms with van der Waals surface area (Å²) in [6.45, 7) is 0.773. The molecule has 2 aromatic rings. The van der Waals surface area contributed by atoms with Crippen molar-refractivity contribution in [2.24, 2.45) is 0 Å². The lowest BCUT2D eigenvalue weighted by molar-refractivity contribution is 0.415. The van der Waals surface area contributed by atoms with Crippen molar-refractivity contribution in [3.63, 3.8) is 0 Å². The molecule has 4 heteroatoms. The lowest BCUT2D eigenvalue weighted by Crippen LogP contribution is -2.38. The standard InChI is InChI=1S/C15H14N2OS/c1-18-13-7-4-6-12(9-13)17-10-11-5-2-3-8-14(11)16-15(17)19/h2-9H,10H2,1H3,(H,16,19). The Balaban J connectivity index is 1.96. The summed E-state index contributed by atoms with van der Waals surface area (Å²) in [7, 11) is 1.67. The van der Waals surface area contributed by atoms with Crippen LogP contribution in [0.1, 0.15) is 5.56 Å². The minimum atomic E-state index is 0.715. The number of methoxy groups -OCH3 is 1. The van der Waals surface area contributed by atoms with Crippen molar-refractivity contribution >= 4 is 28.7 Å². The summed E-state index contributed by atoms with van der Waals surface area (Å²) in [4.78, 5) is 2.07.